The minimum Gasteiger partial charge on any atom is -0.318 e. The third-order valence-electron chi connectivity index (χ3n) is 3.94. The number of nitrogens with zero attached hydrogens (tertiary/aromatic N) is 1. The van der Waals surface area contributed by atoms with Crippen LogP contribution in [0.25, 0.3) is 0 Å². The Morgan fingerprint density at radius 1 is 1.31 bits per heavy atom. The average Bonchev–Trinajstić information content (AvgIpc) is 2.96. The molecule has 3 rings (SSSR count). The maximum atomic E-state index is 4.99. The van der Waals surface area contributed by atoms with Gasteiger partial charge in [-0.3, -0.25) is 0 Å². The molecular formula is C10H17NOS. The first-order chi connectivity index (χ1) is 6.31. The molecule has 0 amide bonds. The second-order valence-electron chi connectivity index (χ2n) is 5.22. The summed E-state index contributed by atoms with van der Waals surface area (Å²) >= 11 is 3.86. The van der Waals surface area contributed by atoms with Crippen LogP contribution in [-0.2, 0) is 4.18 Å². The predicted molar refractivity (Wildman–Crippen MR) is 54.6 cm³/mol. The minimum absolute atomic E-state index is 0.499. The quantitative estimate of drug-likeness (QED) is 0.545. The second kappa shape index (κ2) is 2.88. The Hall–Kier alpha value is 0.270. The molecule has 1 heterocycles. The molecule has 2 unspecified atom stereocenters. The molecule has 0 radical (unpaired) electrons. The summed E-state index contributed by atoms with van der Waals surface area (Å²) in [6.07, 6.45) is 4.20. The summed E-state index contributed by atoms with van der Waals surface area (Å²) in [5, 5.41) is 0. The zero-order valence-electron chi connectivity index (χ0n) is 7.91. The van der Waals surface area contributed by atoms with E-state index in [0.29, 0.717) is 5.41 Å². The molecule has 0 N–H and O–H groups in total. The van der Waals surface area contributed by atoms with Crippen LogP contribution in [0.3, 0.4) is 0 Å². The van der Waals surface area contributed by atoms with Crippen molar-refractivity contribution in [2.45, 2.75) is 19.3 Å². The molecule has 74 valence electrons. The number of thiol groups is 1. The SMILES string of the molecule is SOCC1(CN2CC3CC3C2)CC1. The van der Waals surface area contributed by atoms with Gasteiger partial charge in [0.1, 0.15) is 0 Å². The standard InChI is InChI=1S/C10H17NOS/c13-12-7-10(1-2-10)6-11-4-8-3-9(8)5-11/h8-9,13H,1-7H2. The Bertz CT molecular complexity index is 207. The van der Waals surface area contributed by atoms with Gasteiger partial charge in [0.25, 0.3) is 0 Å². The van der Waals surface area contributed by atoms with Crippen LogP contribution in [0.2, 0.25) is 0 Å². The Morgan fingerprint density at radius 3 is 2.54 bits per heavy atom. The van der Waals surface area contributed by atoms with E-state index in [1.165, 1.54) is 38.9 Å². The van der Waals surface area contributed by atoms with Gasteiger partial charge in [0.2, 0.25) is 0 Å². The fourth-order valence-corrected chi connectivity index (χ4v) is 3.03. The molecule has 3 fully saturated rings. The first-order valence-corrected chi connectivity index (χ1v) is 5.67. The fraction of sp³-hybridized carbons (Fsp3) is 1.00. The molecular weight excluding hydrogens is 182 g/mol. The largest absolute Gasteiger partial charge is 0.318 e. The lowest BCUT2D eigenvalue weighted by Gasteiger charge is -2.23. The number of piperidine rings is 1. The summed E-state index contributed by atoms with van der Waals surface area (Å²) in [5.41, 5.74) is 0.499. The molecule has 3 aliphatic rings. The van der Waals surface area contributed by atoms with Crippen LogP contribution in [0.4, 0.5) is 0 Å². The Morgan fingerprint density at radius 2 is 2.00 bits per heavy atom. The highest BCUT2D eigenvalue weighted by Gasteiger charge is 2.50. The maximum Gasteiger partial charge on any atom is 0.0679 e. The van der Waals surface area contributed by atoms with Gasteiger partial charge < -0.3 is 9.08 Å². The lowest BCUT2D eigenvalue weighted by molar-refractivity contribution is 0.187. The van der Waals surface area contributed by atoms with E-state index in [0.717, 1.165) is 18.4 Å². The normalized spacial score (nSPS) is 40.4. The predicted octanol–water partition coefficient (Wildman–Crippen LogP) is 1.58. The Balaban J connectivity index is 1.51. The van der Waals surface area contributed by atoms with E-state index < -0.39 is 0 Å². The van der Waals surface area contributed by atoms with Gasteiger partial charge in [0, 0.05) is 25.0 Å². The van der Waals surface area contributed by atoms with E-state index in [1.54, 1.807) is 0 Å². The molecule has 0 bridgehead atoms. The van der Waals surface area contributed by atoms with Gasteiger partial charge in [-0.2, -0.15) is 0 Å². The molecule has 1 aliphatic heterocycles. The van der Waals surface area contributed by atoms with Crippen LogP contribution in [0.15, 0.2) is 0 Å². The summed E-state index contributed by atoms with van der Waals surface area (Å²) < 4.78 is 4.99. The van der Waals surface area contributed by atoms with Crippen molar-refractivity contribution in [2.24, 2.45) is 17.3 Å². The van der Waals surface area contributed by atoms with Crippen LogP contribution in [0, 0.1) is 17.3 Å². The summed E-state index contributed by atoms with van der Waals surface area (Å²) in [5.74, 6) is 2.13. The van der Waals surface area contributed by atoms with Crippen molar-refractivity contribution in [3.05, 3.63) is 0 Å². The minimum atomic E-state index is 0.499. The Kier molecular flexibility index (Phi) is 1.90. The lowest BCUT2D eigenvalue weighted by atomic mass is 10.1. The highest BCUT2D eigenvalue weighted by molar-refractivity contribution is 7.75. The van der Waals surface area contributed by atoms with Gasteiger partial charge in [-0.1, -0.05) is 0 Å². The van der Waals surface area contributed by atoms with E-state index in [1.807, 2.05) is 0 Å². The van der Waals surface area contributed by atoms with E-state index in [9.17, 15) is 0 Å². The van der Waals surface area contributed by atoms with Gasteiger partial charge in [-0.25, -0.2) is 0 Å². The van der Waals surface area contributed by atoms with Crippen molar-refractivity contribution in [1.82, 2.24) is 4.90 Å². The Labute approximate surface area is 85.2 Å². The summed E-state index contributed by atoms with van der Waals surface area (Å²) in [6.45, 7) is 4.83. The molecule has 0 aromatic carbocycles. The summed E-state index contributed by atoms with van der Waals surface area (Å²) in [4.78, 5) is 2.64. The van der Waals surface area contributed by atoms with Crippen molar-refractivity contribution in [3.8, 4) is 0 Å². The van der Waals surface area contributed by atoms with Crippen molar-refractivity contribution in [2.75, 3.05) is 26.2 Å². The number of likely N-dealkylation sites (tertiary alicyclic amines) is 1. The third-order valence-corrected chi connectivity index (χ3v) is 4.07. The first-order valence-electron chi connectivity index (χ1n) is 5.30. The van der Waals surface area contributed by atoms with Crippen LogP contribution < -0.4 is 0 Å². The first kappa shape index (κ1) is 8.57. The highest BCUT2D eigenvalue weighted by atomic mass is 32.1. The number of hydrogen-bond acceptors (Lipinski definition) is 3. The average molecular weight is 199 g/mol. The third kappa shape index (κ3) is 1.62. The monoisotopic (exact) mass is 199 g/mol. The van der Waals surface area contributed by atoms with Crippen molar-refractivity contribution >= 4 is 12.9 Å². The van der Waals surface area contributed by atoms with E-state index >= 15 is 0 Å². The van der Waals surface area contributed by atoms with Gasteiger partial charge in [0.05, 0.1) is 6.61 Å². The second-order valence-corrected chi connectivity index (χ2v) is 5.48. The number of hydrogen-bond donors (Lipinski definition) is 1. The molecule has 2 nitrogen and oxygen atoms in total. The molecule has 0 aromatic rings. The van der Waals surface area contributed by atoms with Crippen molar-refractivity contribution < 1.29 is 4.18 Å². The molecule has 0 spiro atoms. The molecule has 1 saturated heterocycles. The highest BCUT2D eigenvalue weighted by Crippen LogP contribution is 2.50. The zero-order valence-corrected chi connectivity index (χ0v) is 8.80. The molecule has 13 heavy (non-hydrogen) atoms. The van der Waals surface area contributed by atoms with Gasteiger partial charge in [-0.15, -0.1) is 0 Å². The topological polar surface area (TPSA) is 12.5 Å². The smallest absolute Gasteiger partial charge is 0.0679 e. The van der Waals surface area contributed by atoms with Crippen molar-refractivity contribution in [3.63, 3.8) is 0 Å². The van der Waals surface area contributed by atoms with Crippen LogP contribution in [0.5, 0.6) is 0 Å². The maximum absolute atomic E-state index is 4.99. The fourth-order valence-electron chi connectivity index (χ4n) is 2.76. The van der Waals surface area contributed by atoms with E-state index in [4.69, 9.17) is 4.18 Å². The zero-order chi connectivity index (χ0) is 8.89. The molecule has 3 heteroatoms. The lowest BCUT2D eigenvalue weighted by Crippen LogP contribution is -2.31. The van der Waals surface area contributed by atoms with E-state index in [-0.39, 0.29) is 0 Å². The molecule has 2 saturated carbocycles. The van der Waals surface area contributed by atoms with Crippen molar-refractivity contribution in [1.29, 1.82) is 0 Å². The summed E-state index contributed by atoms with van der Waals surface area (Å²) in [6, 6.07) is 0. The van der Waals surface area contributed by atoms with Crippen LogP contribution in [-0.4, -0.2) is 31.1 Å². The van der Waals surface area contributed by atoms with Gasteiger partial charge in [-0.05, 0) is 44.0 Å². The number of fused-ring (bicyclic) bond motifs is 1. The van der Waals surface area contributed by atoms with Crippen LogP contribution >= 0.6 is 12.9 Å². The molecule has 2 aliphatic carbocycles. The van der Waals surface area contributed by atoms with E-state index in [2.05, 4.69) is 17.8 Å². The van der Waals surface area contributed by atoms with Gasteiger partial charge >= 0.3 is 0 Å². The number of rotatable bonds is 4. The molecule has 2 atom stereocenters. The summed E-state index contributed by atoms with van der Waals surface area (Å²) in [7, 11) is 0. The van der Waals surface area contributed by atoms with Gasteiger partial charge in [0.15, 0.2) is 0 Å². The van der Waals surface area contributed by atoms with Crippen LogP contribution in [0.1, 0.15) is 19.3 Å². The molecule has 0 aromatic heterocycles.